The van der Waals surface area contributed by atoms with Crippen molar-refractivity contribution >= 4 is 15.4 Å². The summed E-state index contributed by atoms with van der Waals surface area (Å²) < 4.78 is 2.27. The number of hydrogen-bond acceptors (Lipinski definition) is 2. The van der Waals surface area contributed by atoms with E-state index >= 15 is 0 Å². The normalized spacial score (nSPS) is 14.4. The Balaban J connectivity index is 3.57. The predicted octanol–water partition coefficient (Wildman–Crippen LogP) is 4.58. The van der Waals surface area contributed by atoms with Crippen LogP contribution in [0.3, 0.4) is 0 Å². The third-order valence-corrected chi connectivity index (χ3v) is 4.51. The zero-order chi connectivity index (χ0) is 15.4. The highest BCUT2D eigenvalue weighted by Gasteiger charge is 2.17. The molecule has 4 heteroatoms. The lowest BCUT2D eigenvalue weighted by molar-refractivity contribution is -0.138. The number of aliphatic carboxylic acids is 1. The minimum Gasteiger partial charge on any atom is -0.481 e. The standard InChI is InChI=1S/C16H34NO2P/c1-4-5-6-7-8-9-10-11-17(20)13-15(3)14(2)12-16(18)19/h14-15H,4-13,20H2,1-3H3,(H,18,19). The van der Waals surface area contributed by atoms with Gasteiger partial charge in [-0.3, -0.25) is 9.46 Å². The van der Waals surface area contributed by atoms with Crippen LogP contribution in [0, 0.1) is 11.8 Å². The molecule has 0 bridgehead atoms. The van der Waals surface area contributed by atoms with Gasteiger partial charge in [0.25, 0.3) is 0 Å². The van der Waals surface area contributed by atoms with E-state index in [0.29, 0.717) is 5.92 Å². The molecule has 0 aromatic rings. The average molecular weight is 303 g/mol. The quantitative estimate of drug-likeness (QED) is 0.400. The summed E-state index contributed by atoms with van der Waals surface area (Å²) in [6.45, 7) is 8.50. The SMILES string of the molecule is CCCCCCCCCN(P)CC(C)C(C)CC(=O)O. The minimum absolute atomic E-state index is 0.240. The molecule has 0 radical (unpaired) electrons. The molecular weight excluding hydrogens is 269 g/mol. The number of carboxylic acids is 1. The molecule has 1 N–H and O–H groups in total. The molecule has 3 nitrogen and oxygen atoms in total. The summed E-state index contributed by atoms with van der Waals surface area (Å²) in [6, 6.07) is 0. The van der Waals surface area contributed by atoms with Crippen molar-refractivity contribution in [3.05, 3.63) is 0 Å². The highest BCUT2D eigenvalue weighted by atomic mass is 31.0. The second-order valence-electron chi connectivity index (χ2n) is 6.17. The molecule has 3 unspecified atom stereocenters. The fraction of sp³-hybridized carbons (Fsp3) is 0.938. The van der Waals surface area contributed by atoms with Gasteiger partial charge in [-0.2, -0.15) is 0 Å². The van der Waals surface area contributed by atoms with Crippen molar-refractivity contribution in [2.45, 2.75) is 72.1 Å². The molecule has 120 valence electrons. The molecule has 0 rings (SSSR count). The van der Waals surface area contributed by atoms with E-state index in [1.165, 1.54) is 44.9 Å². The van der Waals surface area contributed by atoms with Crippen LogP contribution < -0.4 is 0 Å². The highest BCUT2D eigenvalue weighted by Crippen LogP contribution is 2.18. The third kappa shape index (κ3) is 11.7. The lowest BCUT2D eigenvalue weighted by Gasteiger charge is -2.24. The Kier molecular flexibility index (Phi) is 12.5. The van der Waals surface area contributed by atoms with E-state index in [0.717, 1.165) is 13.1 Å². The monoisotopic (exact) mass is 303 g/mol. The van der Waals surface area contributed by atoms with E-state index in [1.807, 2.05) is 6.92 Å². The number of unbranched alkanes of at least 4 members (excludes halogenated alkanes) is 6. The van der Waals surface area contributed by atoms with Gasteiger partial charge in [-0.25, -0.2) is 0 Å². The molecule has 0 saturated carbocycles. The van der Waals surface area contributed by atoms with E-state index in [-0.39, 0.29) is 12.3 Å². The Morgan fingerprint density at radius 2 is 1.60 bits per heavy atom. The smallest absolute Gasteiger partial charge is 0.303 e. The Morgan fingerprint density at radius 1 is 1.05 bits per heavy atom. The summed E-state index contributed by atoms with van der Waals surface area (Å²) in [6.07, 6.45) is 9.62. The number of nitrogens with zero attached hydrogens (tertiary/aromatic N) is 1. The van der Waals surface area contributed by atoms with Gasteiger partial charge in [0.1, 0.15) is 0 Å². The third-order valence-electron chi connectivity index (χ3n) is 4.04. The maximum atomic E-state index is 10.7. The van der Waals surface area contributed by atoms with E-state index in [4.69, 9.17) is 5.11 Å². The van der Waals surface area contributed by atoms with Crippen molar-refractivity contribution in [2.24, 2.45) is 11.8 Å². The van der Waals surface area contributed by atoms with Gasteiger partial charge < -0.3 is 5.11 Å². The predicted molar refractivity (Wildman–Crippen MR) is 89.9 cm³/mol. The van der Waals surface area contributed by atoms with Gasteiger partial charge in [0.05, 0.1) is 0 Å². The molecule has 20 heavy (non-hydrogen) atoms. The molecular formula is C16H34NO2P. The summed E-state index contributed by atoms with van der Waals surface area (Å²) in [7, 11) is 2.79. The van der Waals surface area contributed by atoms with Gasteiger partial charge in [-0.1, -0.05) is 68.7 Å². The van der Waals surface area contributed by atoms with Crippen LogP contribution in [0.2, 0.25) is 0 Å². The Morgan fingerprint density at radius 3 is 2.15 bits per heavy atom. The Bertz CT molecular complexity index is 249. The van der Waals surface area contributed by atoms with Gasteiger partial charge in [0, 0.05) is 19.5 Å². The summed E-state index contributed by atoms with van der Waals surface area (Å²) in [4.78, 5) is 10.7. The maximum absolute atomic E-state index is 10.7. The summed E-state index contributed by atoms with van der Waals surface area (Å²) in [5.41, 5.74) is 0. The van der Waals surface area contributed by atoms with Crippen molar-refractivity contribution in [2.75, 3.05) is 13.1 Å². The lowest BCUT2D eigenvalue weighted by Crippen LogP contribution is -2.25. The molecule has 0 saturated heterocycles. The zero-order valence-corrected chi connectivity index (χ0v) is 14.8. The van der Waals surface area contributed by atoms with Gasteiger partial charge in [0.15, 0.2) is 0 Å². The first-order valence-electron chi connectivity index (χ1n) is 8.18. The second kappa shape index (κ2) is 12.6. The Labute approximate surface area is 127 Å². The van der Waals surface area contributed by atoms with Crippen LogP contribution in [0.25, 0.3) is 0 Å². The van der Waals surface area contributed by atoms with Gasteiger partial charge in [-0.05, 0) is 18.3 Å². The fourth-order valence-electron chi connectivity index (χ4n) is 2.39. The van der Waals surface area contributed by atoms with Crippen LogP contribution in [0.4, 0.5) is 0 Å². The van der Waals surface area contributed by atoms with Crippen molar-refractivity contribution in [1.82, 2.24) is 4.67 Å². The van der Waals surface area contributed by atoms with Crippen molar-refractivity contribution < 1.29 is 9.90 Å². The largest absolute Gasteiger partial charge is 0.481 e. The van der Waals surface area contributed by atoms with Gasteiger partial charge >= 0.3 is 5.97 Å². The van der Waals surface area contributed by atoms with Crippen LogP contribution >= 0.6 is 9.39 Å². The van der Waals surface area contributed by atoms with E-state index in [1.54, 1.807) is 0 Å². The molecule has 0 amide bonds. The molecule has 0 aliphatic heterocycles. The molecule has 0 aromatic heterocycles. The number of rotatable bonds is 13. The van der Waals surface area contributed by atoms with Crippen LogP contribution in [0.5, 0.6) is 0 Å². The Hall–Kier alpha value is -0.140. The van der Waals surface area contributed by atoms with Crippen LogP contribution in [-0.2, 0) is 4.79 Å². The first kappa shape index (κ1) is 19.9. The number of carbonyl (C=O) groups is 1. The molecule has 0 aromatic carbocycles. The van der Waals surface area contributed by atoms with Crippen molar-refractivity contribution in [3.8, 4) is 0 Å². The molecule has 0 spiro atoms. The lowest BCUT2D eigenvalue weighted by atomic mass is 9.93. The van der Waals surface area contributed by atoms with Gasteiger partial charge in [-0.15, -0.1) is 0 Å². The number of hydrogen-bond donors (Lipinski definition) is 1. The summed E-state index contributed by atoms with van der Waals surface area (Å²) in [5, 5.41) is 8.81. The van der Waals surface area contributed by atoms with E-state index in [2.05, 4.69) is 27.9 Å². The molecule has 0 aliphatic rings. The minimum atomic E-state index is -0.688. The first-order chi connectivity index (χ1) is 9.47. The molecule has 0 aliphatic carbocycles. The van der Waals surface area contributed by atoms with Crippen LogP contribution in [0.1, 0.15) is 72.1 Å². The van der Waals surface area contributed by atoms with Crippen LogP contribution in [0.15, 0.2) is 0 Å². The topological polar surface area (TPSA) is 40.5 Å². The second-order valence-corrected chi connectivity index (χ2v) is 6.90. The summed E-state index contributed by atoms with van der Waals surface area (Å²) >= 11 is 0. The summed E-state index contributed by atoms with van der Waals surface area (Å²) in [5.74, 6) is -0.0236. The van der Waals surface area contributed by atoms with Crippen molar-refractivity contribution in [1.29, 1.82) is 0 Å². The van der Waals surface area contributed by atoms with Gasteiger partial charge in [0.2, 0.25) is 0 Å². The number of carboxylic acid groups (broad SMARTS) is 1. The van der Waals surface area contributed by atoms with E-state index in [9.17, 15) is 4.79 Å². The zero-order valence-electron chi connectivity index (χ0n) is 13.6. The molecule has 0 heterocycles. The maximum Gasteiger partial charge on any atom is 0.303 e. The van der Waals surface area contributed by atoms with Crippen molar-refractivity contribution in [3.63, 3.8) is 0 Å². The van der Waals surface area contributed by atoms with E-state index < -0.39 is 5.97 Å². The molecule has 0 fully saturated rings. The molecule has 3 atom stereocenters. The highest BCUT2D eigenvalue weighted by molar-refractivity contribution is 7.13. The first-order valence-corrected chi connectivity index (χ1v) is 8.70. The average Bonchev–Trinajstić information content (AvgIpc) is 2.36. The van der Waals surface area contributed by atoms with Crippen LogP contribution in [-0.4, -0.2) is 28.8 Å². The fourth-order valence-corrected chi connectivity index (χ4v) is 2.90.